The van der Waals surface area contributed by atoms with Gasteiger partial charge in [-0.3, -0.25) is 14.7 Å². The number of non-ortho nitro benzene ring substituents is 1. The number of nitrogens with zero attached hydrogens (tertiary/aromatic N) is 2. The van der Waals surface area contributed by atoms with Crippen molar-refractivity contribution in [1.82, 2.24) is 4.57 Å². The molecule has 0 fully saturated rings. The second-order valence-electron chi connectivity index (χ2n) is 4.35. The lowest BCUT2D eigenvalue weighted by Gasteiger charge is -2.01. The molecule has 0 amide bonds. The molecule has 2 aromatic carbocycles. The molecule has 6 heteroatoms. The first-order valence-corrected chi connectivity index (χ1v) is 5.97. The summed E-state index contributed by atoms with van der Waals surface area (Å²) in [5.41, 5.74) is 1.62. The summed E-state index contributed by atoms with van der Waals surface area (Å²) in [6.45, 7) is 0.366. The third kappa shape index (κ3) is 2.07. The normalized spacial score (nSPS) is 10.8. The predicted molar refractivity (Wildman–Crippen MR) is 72.7 cm³/mol. The monoisotopic (exact) mass is 270 g/mol. The minimum atomic E-state index is -0.524. The van der Waals surface area contributed by atoms with Crippen molar-refractivity contribution in [2.75, 3.05) is 0 Å². The summed E-state index contributed by atoms with van der Waals surface area (Å²) in [6, 6.07) is 13.6. The van der Waals surface area contributed by atoms with Crippen LogP contribution in [-0.2, 0) is 6.54 Å². The van der Waals surface area contributed by atoms with Gasteiger partial charge in [0.05, 0.1) is 23.1 Å². The lowest BCUT2D eigenvalue weighted by atomic mass is 10.2. The lowest BCUT2D eigenvalue weighted by molar-refractivity contribution is -0.384. The molecule has 3 aromatic rings. The van der Waals surface area contributed by atoms with Gasteiger partial charge in [-0.05, 0) is 11.6 Å². The van der Waals surface area contributed by atoms with Crippen LogP contribution in [0.4, 0.5) is 5.69 Å². The van der Waals surface area contributed by atoms with Gasteiger partial charge in [-0.15, -0.1) is 0 Å². The van der Waals surface area contributed by atoms with Crippen molar-refractivity contribution in [3.63, 3.8) is 0 Å². The molecule has 0 bridgehead atoms. The molecule has 0 aliphatic heterocycles. The number of benzene rings is 2. The number of nitro benzene ring substituents is 1. The summed E-state index contributed by atoms with van der Waals surface area (Å²) in [4.78, 5) is 22.0. The predicted octanol–water partition coefficient (Wildman–Crippen LogP) is 2.55. The second-order valence-corrected chi connectivity index (χ2v) is 4.35. The van der Waals surface area contributed by atoms with Crippen molar-refractivity contribution >= 4 is 16.8 Å². The van der Waals surface area contributed by atoms with E-state index in [1.807, 2.05) is 30.3 Å². The Labute approximate surface area is 113 Å². The number of hydrogen-bond donors (Lipinski definition) is 0. The summed E-state index contributed by atoms with van der Waals surface area (Å²) in [5.74, 6) is -0.524. The molecule has 0 saturated carbocycles. The molecular formula is C14H10N2O4. The largest absolute Gasteiger partial charge is 0.420 e. The van der Waals surface area contributed by atoms with Gasteiger partial charge in [0.2, 0.25) is 0 Å². The van der Waals surface area contributed by atoms with Crippen LogP contribution in [0.15, 0.2) is 57.7 Å². The van der Waals surface area contributed by atoms with Gasteiger partial charge in [0.1, 0.15) is 0 Å². The lowest BCUT2D eigenvalue weighted by Crippen LogP contribution is -2.14. The highest BCUT2D eigenvalue weighted by atomic mass is 16.6. The fourth-order valence-electron chi connectivity index (χ4n) is 2.08. The molecule has 6 nitrogen and oxygen atoms in total. The van der Waals surface area contributed by atoms with Gasteiger partial charge in [-0.1, -0.05) is 30.3 Å². The van der Waals surface area contributed by atoms with Gasteiger partial charge in [0, 0.05) is 6.07 Å². The van der Waals surface area contributed by atoms with Crippen LogP contribution in [0, 0.1) is 10.1 Å². The van der Waals surface area contributed by atoms with E-state index in [4.69, 9.17) is 4.42 Å². The van der Waals surface area contributed by atoms with Gasteiger partial charge in [-0.25, -0.2) is 4.79 Å². The highest BCUT2D eigenvalue weighted by Crippen LogP contribution is 2.20. The maximum absolute atomic E-state index is 11.9. The van der Waals surface area contributed by atoms with E-state index in [0.29, 0.717) is 12.1 Å². The van der Waals surface area contributed by atoms with Gasteiger partial charge in [0.25, 0.3) is 5.69 Å². The molecule has 100 valence electrons. The average Bonchev–Trinajstić information content (AvgIpc) is 2.75. The summed E-state index contributed by atoms with van der Waals surface area (Å²) in [6.07, 6.45) is 0. The molecule has 1 heterocycles. The van der Waals surface area contributed by atoms with E-state index in [0.717, 1.165) is 5.56 Å². The van der Waals surface area contributed by atoms with E-state index in [1.165, 1.54) is 22.8 Å². The Morgan fingerprint density at radius 3 is 2.60 bits per heavy atom. The van der Waals surface area contributed by atoms with Crippen LogP contribution in [-0.4, -0.2) is 9.49 Å². The highest BCUT2D eigenvalue weighted by molar-refractivity contribution is 5.75. The number of aromatic nitrogens is 1. The molecule has 0 radical (unpaired) electrons. The summed E-state index contributed by atoms with van der Waals surface area (Å²) >= 11 is 0. The van der Waals surface area contributed by atoms with Crippen LogP contribution >= 0.6 is 0 Å². The van der Waals surface area contributed by atoms with Crippen molar-refractivity contribution in [2.24, 2.45) is 0 Å². The second kappa shape index (κ2) is 4.65. The molecule has 1 aromatic heterocycles. The standard InChI is InChI=1S/C14H10N2O4/c17-14-15(9-10-4-2-1-3-5-10)12-7-6-11(16(18)19)8-13(12)20-14/h1-8H,9H2. The van der Waals surface area contributed by atoms with Crippen LogP contribution in [0.3, 0.4) is 0 Å². The third-order valence-corrected chi connectivity index (χ3v) is 3.05. The van der Waals surface area contributed by atoms with Crippen LogP contribution < -0.4 is 5.76 Å². The molecule has 3 rings (SSSR count). The van der Waals surface area contributed by atoms with Gasteiger partial charge in [0.15, 0.2) is 5.58 Å². The van der Waals surface area contributed by atoms with Crippen molar-refractivity contribution < 1.29 is 9.34 Å². The maximum atomic E-state index is 11.9. The molecule has 0 atom stereocenters. The number of rotatable bonds is 3. The molecule has 0 unspecified atom stereocenters. The Bertz CT molecular complexity index is 833. The van der Waals surface area contributed by atoms with Gasteiger partial charge < -0.3 is 4.42 Å². The zero-order valence-corrected chi connectivity index (χ0v) is 10.4. The molecule has 0 saturated heterocycles. The smallest absolute Gasteiger partial charge is 0.407 e. The van der Waals surface area contributed by atoms with Gasteiger partial charge in [-0.2, -0.15) is 0 Å². The van der Waals surface area contributed by atoms with E-state index >= 15 is 0 Å². The van der Waals surface area contributed by atoms with Crippen molar-refractivity contribution in [2.45, 2.75) is 6.54 Å². The molecule has 0 N–H and O–H groups in total. The van der Waals surface area contributed by atoms with Crippen LogP contribution in [0.1, 0.15) is 5.56 Å². The highest BCUT2D eigenvalue weighted by Gasteiger charge is 2.14. The fraction of sp³-hybridized carbons (Fsp3) is 0.0714. The van der Waals surface area contributed by atoms with Gasteiger partial charge >= 0.3 is 5.76 Å². The maximum Gasteiger partial charge on any atom is 0.420 e. The average molecular weight is 270 g/mol. The Kier molecular flexibility index (Phi) is 2.83. The van der Waals surface area contributed by atoms with E-state index in [1.54, 1.807) is 0 Å². The summed E-state index contributed by atoms with van der Waals surface area (Å²) in [5, 5.41) is 10.7. The SMILES string of the molecule is O=c1oc2cc([N+](=O)[O-])ccc2n1Cc1ccccc1. The molecule has 0 spiro atoms. The van der Waals surface area contributed by atoms with E-state index in [9.17, 15) is 14.9 Å². The number of oxazole rings is 1. The number of hydrogen-bond acceptors (Lipinski definition) is 4. The van der Waals surface area contributed by atoms with E-state index in [2.05, 4.69) is 0 Å². The molecule has 20 heavy (non-hydrogen) atoms. The minimum Gasteiger partial charge on any atom is -0.407 e. The van der Waals surface area contributed by atoms with E-state index in [-0.39, 0.29) is 11.3 Å². The molecule has 0 aliphatic rings. The summed E-state index contributed by atoms with van der Waals surface area (Å²) in [7, 11) is 0. The Morgan fingerprint density at radius 2 is 1.90 bits per heavy atom. The van der Waals surface area contributed by atoms with Crippen molar-refractivity contribution in [1.29, 1.82) is 0 Å². The van der Waals surface area contributed by atoms with Crippen molar-refractivity contribution in [3.05, 3.63) is 74.8 Å². The Hall–Kier alpha value is -2.89. The quantitative estimate of drug-likeness (QED) is 0.541. The summed E-state index contributed by atoms with van der Waals surface area (Å²) < 4.78 is 6.52. The van der Waals surface area contributed by atoms with Crippen LogP contribution in [0.2, 0.25) is 0 Å². The number of nitro groups is 1. The van der Waals surface area contributed by atoms with Crippen LogP contribution in [0.5, 0.6) is 0 Å². The first kappa shape index (κ1) is 12.2. The van der Waals surface area contributed by atoms with E-state index < -0.39 is 10.7 Å². The fourth-order valence-corrected chi connectivity index (χ4v) is 2.08. The minimum absolute atomic E-state index is 0.0990. The third-order valence-electron chi connectivity index (χ3n) is 3.05. The Morgan fingerprint density at radius 1 is 1.15 bits per heavy atom. The zero-order valence-electron chi connectivity index (χ0n) is 10.4. The number of fused-ring (bicyclic) bond motifs is 1. The molecular weight excluding hydrogens is 260 g/mol. The first-order valence-electron chi connectivity index (χ1n) is 5.97. The molecule has 0 aliphatic carbocycles. The van der Waals surface area contributed by atoms with Crippen LogP contribution in [0.25, 0.3) is 11.1 Å². The topological polar surface area (TPSA) is 78.3 Å². The zero-order chi connectivity index (χ0) is 14.1. The van der Waals surface area contributed by atoms with Crippen molar-refractivity contribution in [3.8, 4) is 0 Å². The Balaban J connectivity index is 2.10. The first-order chi connectivity index (χ1) is 9.65.